The Bertz CT molecular complexity index is 1210. The normalized spacial score (nSPS) is 10.6. The lowest BCUT2D eigenvalue weighted by atomic mass is 10.0. The Hall–Kier alpha value is -4.05. The van der Waals surface area contributed by atoms with Gasteiger partial charge in [0.2, 0.25) is 5.95 Å². The summed E-state index contributed by atoms with van der Waals surface area (Å²) in [6.07, 6.45) is 1.64. The van der Waals surface area contributed by atoms with Gasteiger partial charge in [-0.1, -0.05) is 30.3 Å². The van der Waals surface area contributed by atoms with Crippen molar-refractivity contribution >= 4 is 11.8 Å². The zero-order valence-electron chi connectivity index (χ0n) is 15.9. The molecule has 2 heterocycles. The van der Waals surface area contributed by atoms with Crippen LogP contribution in [0, 0.1) is 24.1 Å². The van der Waals surface area contributed by atoms with Gasteiger partial charge >= 0.3 is 0 Å². The molecule has 29 heavy (non-hydrogen) atoms. The monoisotopic (exact) mass is 384 g/mol. The smallest absolute Gasteiger partial charge is 0.231 e. The highest BCUT2D eigenvalue weighted by molar-refractivity contribution is 5.69. The van der Waals surface area contributed by atoms with Crippen LogP contribution >= 0.6 is 0 Å². The minimum atomic E-state index is -0.439. The van der Waals surface area contributed by atoms with E-state index in [1.54, 1.807) is 25.1 Å². The SMILES string of the molecule is Cc1cnc(N(C)c2cc(-c3ccccc3)[nH]n2)nc1-c1cc(C#N)ccc1F. The zero-order valence-corrected chi connectivity index (χ0v) is 15.9. The molecule has 4 rings (SSSR count). The maximum atomic E-state index is 14.4. The predicted molar refractivity (Wildman–Crippen MR) is 109 cm³/mol. The minimum absolute atomic E-state index is 0.269. The number of rotatable bonds is 4. The molecule has 0 amide bonds. The van der Waals surface area contributed by atoms with E-state index in [4.69, 9.17) is 5.26 Å². The van der Waals surface area contributed by atoms with E-state index in [-0.39, 0.29) is 5.56 Å². The molecule has 2 aromatic heterocycles. The molecule has 2 aromatic carbocycles. The summed E-state index contributed by atoms with van der Waals surface area (Å²) >= 11 is 0. The molecule has 0 atom stereocenters. The van der Waals surface area contributed by atoms with Crippen molar-refractivity contribution in [2.45, 2.75) is 6.92 Å². The standard InChI is InChI=1S/C22H17FN6/c1-14-13-25-22(26-21(14)17-10-15(12-24)8-9-18(17)23)29(2)20-11-19(27-28-20)16-6-4-3-5-7-16/h3-11,13H,1-2H3,(H,27,28). The Morgan fingerprint density at radius 1 is 1.10 bits per heavy atom. The van der Waals surface area contributed by atoms with Crippen LogP contribution in [0.1, 0.15) is 11.1 Å². The van der Waals surface area contributed by atoms with Crippen molar-refractivity contribution < 1.29 is 4.39 Å². The summed E-state index contributed by atoms with van der Waals surface area (Å²) in [6, 6.07) is 18.0. The van der Waals surface area contributed by atoms with Crippen molar-refractivity contribution in [1.82, 2.24) is 20.2 Å². The molecule has 0 saturated heterocycles. The van der Waals surface area contributed by atoms with E-state index >= 15 is 0 Å². The first kappa shape index (κ1) is 18.3. The molecule has 0 saturated carbocycles. The summed E-state index contributed by atoms with van der Waals surface area (Å²) < 4.78 is 14.4. The first-order valence-electron chi connectivity index (χ1n) is 8.95. The van der Waals surface area contributed by atoms with Crippen LogP contribution in [0.3, 0.4) is 0 Å². The van der Waals surface area contributed by atoms with Gasteiger partial charge in [-0.3, -0.25) is 10.00 Å². The van der Waals surface area contributed by atoms with Crippen molar-refractivity contribution in [3.8, 4) is 28.6 Å². The predicted octanol–water partition coefficient (Wildman–Crippen LogP) is 4.62. The highest BCUT2D eigenvalue weighted by Gasteiger charge is 2.16. The fourth-order valence-corrected chi connectivity index (χ4v) is 2.99. The van der Waals surface area contributed by atoms with E-state index in [0.29, 0.717) is 28.6 Å². The first-order chi connectivity index (χ1) is 14.1. The average molecular weight is 384 g/mol. The van der Waals surface area contributed by atoms with Crippen LogP contribution < -0.4 is 4.90 Å². The van der Waals surface area contributed by atoms with Gasteiger partial charge in [-0.15, -0.1) is 0 Å². The second-order valence-electron chi connectivity index (χ2n) is 6.57. The van der Waals surface area contributed by atoms with E-state index in [9.17, 15) is 4.39 Å². The lowest BCUT2D eigenvalue weighted by molar-refractivity contribution is 0.630. The fourth-order valence-electron chi connectivity index (χ4n) is 2.99. The summed E-state index contributed by atoms with van der Waals surface area (Å²) in [6.45, 7) is 1.81. The Morgan fingerprint density at radius 2 is 1.90 bits per heavy atom. The number of aromatic nitrogens is 4. The molecule has 0 radical (unpaired) electrons. The van der Waals surface area contributed by atoms with Crippen LogP contribution in [-0.2, 0) is 0 Å². The Kier molecular flexibility index (Phi) is 4.75. The molecule has 7 heteroatoms. The van der Waals surface area contributed by atoms with Gasteiger partial charge in [0.1, 0.15) is 5.82 Å². The quantitative estimate of drug-likeness (QED) is 0.555. The molecule has 0 spiro atoms. The van der Waals surface area contributed by atoms with Crippen molar-refractivity contribution in [2.75, 3.05) is 11.9 Å². The number of anilines is 2. The molecule has 0 unspecified atom stereocenters. The van der Waals surface area contributed by atoms with Crippen LogP contribution in [0.2, 0.25) is 0 Å². The molecule has 142 valence electrons. The van der Waals surface area contributed by atoms with Crippen molar-refractivity contribution in [3.05, 3.63) is 77.7 Å². The van der Waals surface area contributed by atoms with Gasteiger partial charge in [-0.2, -0.15) is 10.4 Å². The van der Waals surface area contributed by atoms with Crippen molar-refractivity contribution in [3.63, 3.8) is 0 Å². The lowest BCUT2D eigenvalue weighted by Crippen LogP contribution is -2.14. The number of benzene rings is 2. The Balaban J connectivity index is 1.71. The molecule has 4 aromatic rings. The maximum Gasteiger partial charge on any atom is 0.231 e. The zero-order chi connectivity index (χ0) is 20.4. The number of aromatic amines is 1. The number of hydrogen-bond acceptors (Lipinski definition) is 5. The average Bonchev–Trinajstić information content (AvgIpc) is 3.25. The Morgan fingerprint density at radius 3 is 2.66 bits per heavy atom. The minimum Gasteiger partial charge on any atom is -0.297 e. The van der Waals surface area contributed by atoms with E-state index in [1.165, 1.54) is 18.2 Å². The molecule has 0 aliphatic heterocycles. The molecule has 0 bridgehead atoms. The highest BCUT2D eigenvalue weighted by atomic mass is 19.1. The number of H-pyrrole nitrogens is 1. The van der Waals surface area contributed by atoms with Crippen LogP contribution in [0.25, 0.3) is 22.5 Å². The third kappa shape index (κ3) is 3.56. The second-order valence-corrected chi connectivity index (χ2v) is 6.57. The Labute approximate surface area is 167 Å². The third-order valence-corrected chi connectivity index (χ3v) is 4.60. The van der Waals surface area contributed by atoms with Gasteiger partial charge in [0, 0.05) is 24.9 Å². The molecule has 1 N–H and O–H groups in total. The number of nitrogens with one attached hydrogen (secondary N) is 1. The van der Waals surface area contributed by atoms with Crippen LogP contribution in [0.5, 0.6) is 0 Å². The molecule has 0 fully saturated rings. The largest absolute Gasteiger partial charge is 0.297 e. The van der Waals surface area contributed by atoms with E-state index in [2.05, 4.69) is 20.2 Å². The summed E-state index contributed by atoms with van der Waals surface area (Å²) in [5, 5.41) is 16.5. The summed E-state index contributed by atoms with van der Waals surface area (Å²) in [7, 11) is 1.79. The number of aryl methyl sites for hydroxylation is 1. The summed E-state index contributed by atoms with van der Waals surface area (Å²) in [5.74, 6) is 0.564. The van der Waals surface area contributed by atoms with Gasteiger partial charge in [0.15, 0.2) is 5.82 Å². The maximum absolute atomic E-state index is 14.4. The van der Waals surface area contributed by atoms with Gasteiger partial charge in [-0.25, -0.2) is 14.4 Å². The van der Waals surface area contributed by atoms with Crippen molar-refractivity contribution in [2.24, 2.45) is 0 Å². The molecular formula is C22H17FN6. The molecule has 0 aliphatic carbocycles. The summed E-state index contributed by atoms with van der Waals surface area (Å²) in [4.78, 5) is 10.6. The van der Waals surface area contributed by atoms with E-state index in [0.717, 1.165) is 11.3 Å². The van der Waals surface area contributed by atoms with E-state index in [1.807, 2.05) is 42.5 Å². The molecular weight excluding hydrogens is 367 g/mol. The lowest BCUT2D eigenvalue weighted by Gasteiger charge is -2.16. The molecule has 6 nitrogen and oxygen atoms in total. The van der Waals surface area contributed by atoms with E-state index < -0.39 is 5.82 Å². The van der Waals surface area contributed by atoms with Crippen molar-refractivity contribution in [1.29, 1.82) is 5.26 Å². The van der Waals surface area contributed by atoms with Gasteiger partial charge < -0.3 is 0 Å². The van der Waals surface area contributed by atoms with Crippen LogP contribution in [0.4, 0.5) is 16.2 Å². The first-order valence-corrected chi connectivity index (χ1v) is 8.95. The van der Waals surface area contributed by atoms with Gasteiger partial charge in [-0.05, 0) is 36.2 Å². The number of nitriles is 1. The van der Waals surface area contributed by atoms with Gasteiger partial charge in [0.25, 0.3) is 0 Å². The fraction of sp³-hybridized carbons (Fsp3) is 0.0909. The summed E-state index contributed by atoms with van der Waals surface area (Å²) in [5.41, 5.74) is 3.67. The molecule has 0 aliphatic rings. The van der Waals surface area contributed by atoms with Crippen LogP contribution in [-0.4, -0.2) is 27.2 Å². The number of nitrogens with zero attached hydrogens (tertiary/aromatic N) is 5. The topological polar surface area (TPSA) is 81.5 Å². The van der Waals surface area contributed by atoms with Gasteiger partial charge in [0.05, 0.1) is 23.0 Å². The van der Waals surface area contributed by atoms with Crippen LogP contribution in [0.15, 0.2) is 60.8 Å². The second kappa shape index (κ2) is 7.52. The third-order valence-electron chi connectivity index (χ3n) is 4.60. The number of halogens is 1. The number of hydrogen-bond donors (Lipinski definition) is 1. The highest BCUT2D eigenvalue weighted by Crippen LogP contribution is 2.29.